The van der Waals surface area contributed by atoms with Gasteiger partial charge in [0, 0.05) is 18.7 Å². The number of hydrogen-bond donors (Lipinski definition) is 3. The van der Waals surface area contributed by atoms with Crippen LogP contribution in [-0.2, 0) is 4.79 Å². The summed E-state index contributed by atoms with van der Waals surface area (Å²) in [7, 11) is 0. The molecule has 0 spiro atoms. The van der Waals surface area contributed by atoms with E-state index < -0.39 is 5.91 Å². The maximum atomic E-state index is 11.3. The molecule has 0 bridgehead atoms. The van der Waals surface area contributed by atoms with Crippen LogP contribution in [0, 0.1) is 0 Å². The van der Waals surface area contributed by atoms with Crippen molar-refractivity contribution < 1.29 is 9.59 Å². The molecule has 0 saturated carbocycles. The largest absolute Gasteiger partial charge is 0.397 e. The van der Waals surface area contributed by atoms with E-state index in [2.05, 4.69) is 5.32 Å². The van der Waals surface area contributed by atoms with Gasteiger partial charge in [-0.1, -0.05) is 0 Å². The number of carbonyl (C=O) groups excluding carboxylic acids is 2. The third-order valence-electron chi connectivity index (χ3n) is 2.69. The van der Waals surface area contributed by atoms with Gasteiger partial charge >= 0.3 is 0 Å². The maximum Gasteiger partial charge on any atom is 0.248 e. The number of carbonyl (C=O) groups is 2. The normalized spacial score (nSPS) is 15.5. The molecule has 0 atom stereocenters. The molecule has 1 heterocycles. The molecule has 0 unspecified atom stereocenters. The Labute approximate surface area is 98.6 Å². The first-order valence-electron chi connectivity index (χ1n) is 5.29. The third-order valence-corrected chi connectivity index (χ3v) is 2.69. The van der Waals surface area contributed by atoms with Crippen molar-refractivity contribution in [3.8, 4) is 0 Å². The molecule has 90 valence electrons. The summed E-state index contributed by atoms with van der Waals surface area (Å²) >= 11 is 0. The fourth-order valence-electron chi connectivity index (χ4n) is 1.84. The molecule has 17 heavy (non-hydrogen) atoms. The molecule has 6 nitrogen and oxygen atoms in total. The number of nitrogens with zero attached hydrogens (tertiary/aromatic N) is 1. The zero-order valence-electron chi connectivity index (χ0n) is 9.27. The molecule has 0 aliphatic carbocycles. The van der Waals surface area contributed by atoms with Crippen molar-refractivity contribution in [1.82, 2.24) is 5.32 Å². The average molecular weight is 234 g/mol. The minimum Gasteiger partial charge on any atom is -0.397 e. The molecule has 5 N–H and O–H groups in total. The lowest BCUT2D eigenvalue weighted by atomic mass is 10.1. The van der Waals surface area contributed by atoms with Gasteiger partial charge in [-0.05, 0) is 18.2 Å². The first-order valence-corrected chi connectivity index (χ1v) is 5.29. The highest BCUT2D eigenvalue weighted by Crippen LogP contribution is 2.24. The Kier molecular flexibility index (Phi) is 2.86. The summed E-state index contributed by atoms with van der Waals surface area (Å²) in [4.78, 5) is 24.1. The minimum absolute atomic E-state index is 0.0328. The molecule has 1 saturated heterocycles. The van der Waals surface area contributed by atoms with Crippen molar-refractivity contribution >= 4 is 23.2 Å². The average Bonchev–Trinajstić information content (AvgIpc) is 2.28. The van der Waals surface area contributed by atoms with Crippen molar-refractivity contribution in [1.29, 1.82) is 0 Å². The van der Waals surface area contributed by atoms with Gasteiger partial charge in [-0.15, -0.1) is 0 Å². The second-order valence-corrected chi connectivity index (χ2v) is 3.91. The van der Waals surface area contributed by atoms with E-state index in [1.165, 1.54) is 6.07 Å². The second-order valence-electron chi connectivity index (χ2n) is 3.91. The van der Waals surface area contributed by atoms with Gasteiger partial charge in [0.15, 0.2) is 0 Å². The Balaban J connectivity index is 2.26. The van der Waals surface area contributed by atoms with Crippen molar-refractivity contribution in [2.24, 2.45) is 5.73 Å². The van der Waals surface area contributed by atoms with Gasteiger partial charge in [-0.25, -0.2) is 0 Å². The number of nitrogens with one attached hydrogen (secondary N) is 1. The van der Waals surface area contributed by atoms with Crippen LogP contribution in [-0.4, -0.2) is 31.4 Å². The van der Waals surface area contributed by atoms with Crippen LogP contribution >= 0.6 is 0 Å². The topological polar surface area (TPSA) is 101 Å². The number of nitrogen functional groups attached to an aromatic ring is 1. The quantitative estimate of drug-likeness (QED) is 0.589. The van der Waals surface area contributed by atoms with E-state index in [9.17, 15) is 9.59 Å². The number of benzene rings is 1. The Morgan fingerprint density at radius 2 is 2.18 bits per heavy atom. The van der Waals surface area contributed by atoms with E-state index in [0.29, 0.717) is 24.3 Å². The molecular formula is C11H14N4O2. The maximum absolute atomic E-state index is 11.3. The minimum atomic E-state index is -0.514. The van der Waals surface area contributed by atoms with E-state index >= 15 is 0 Å². The number of primary amides is 1. The summed E-state index contributed by atoms with van der Waals surface area (Å²) in [5.41, 5.74) is 12.6. The van der Waals surface area contributed by atoms with Crippen molar-refractivity contribution in [3.63, 3.8) is 0 Å². The van der Waals surface area contributed by atoms with Crippen LogP contribution in [0.4, 0.5) is 11.4 Å². The lowest BCUT2D eigenvalue weighted by molar-refractivity contribution is -0.120. The number of anilines is 2. The van der Waals surface area contributed by atoms with Crippen LogP contribution < -0.4 is 21.7 Å². The number of nitrogens with two attached hydrogens (primary N) is 2. The van der Waals surface area contributed by atoms with Gasteiger partial charge in [0.25, 0.3) is 0 Å². The van der Waals surface area contributed by atoms with Crippen LogP contribution in [0.2, 0.25) is 0 Å². The number of rotatable bonds is 2. The van der Waals surface area contributed by atoms with Crippen LogP contribution in [0.1, 0.15) is 10.4 Å². The molecule has 1 aliphatic heterocycles. The lowest BCUT2D eigenvalue weighted by Gasteiger charge is -2.29. The van der Waals surface area contributed by atoms with Gasteiger partial charge in [0.1, 0.15) is 0 Å². The Morgan fingerprint density at radius 1 is 1.41 bits per heavy atom. The van der Waals surface area contributed by atoms with E-state index in [4.69, 9.17) is 11.5 Å². The fourth-order valence-corrected chi connectivity index (χ4v) is 1.84. The Bertz CT molecular complexity index is 473. The molecule has 1 aromatic rings. The molecule has 0 aromatic heterocycles. The first kappa shape index (κ1) is 11.3. The lowest BCUT2D eigenvalue weighted by Crippen LogP contribution is -2.47. The van der Waals surface area contributed by atoms with Crippen molar-refractivity contribution in [3.05, 3.63) is 23.8 Å². The van der Waals surface area contributed by atoms with Crippen LogP contribution in [0.5, 0.6) is 0 Å². The fraction of sp³-hybridized carbons (Fsp3) is 0.273. The van der Waals surface area contributed by atoms with Crippen LogP contribution in [0.3, 0.4) is 0 Å². The molecule has 1 fully saturated rings. The molecule has 2 amide bonds. The van der Waals surface area contributed by atoms with Gasteiger partial charge in [-0.3, -0.25) is 9.59 Å². The zero-order valence-corrected chi connectivity index (χ0v) is 9.27. The van der Waals surface area contributed by atoms with E-state index in [1.54, 1.807) is 12.1 Å². The zero-order chi connectivity index (χ0) is 12.4. The summed E-state index contributed by atoms with van der Waals surface area (Å²) in [5.74, 6) is -0.547. The van der Waals surface area contributed by atoms with Crippen LogP contribution in [0.25, 0.3) is 0 Å². The summed E-state index contributed by atoms with van der Waals surface area (Å²) in [6.45, 7) is 1.57. The third kappa shape index (κ3) is 2.30. The number of amides is 2. The molecular weight excluding hydrogens is 220 g/mol. The van der Waals surface area contributed by atoms with Gasteiger partial charge in [0.2, 0.25) is 11.8 Å². The smallest absolute Gasteiger partial charge is 0.248 e. The van der Waals surface area contributed by atoms with Crippen molar-refractivity contribution in [2.75, 3.05) is 30.3 Å². The van der Waals surface area contributed by atoms with Gasteiger partial charge in [-0.2, -0.15) is 0 Å². The molecule has 6 heteroatoms. The monoisotopic (exact) mass is 234 g/mol. The Morgan fingerprint density at radius 3 is 2.76 bits per heavy atom. The van der Waals surface area contributed by atoms with E-state index in [1.807, 2.05) is 4.90 Å². The number of piperazine rings is 1. The first-order chi connectivity index (χ1) is 8.08. The molecule has 1 aromatic carbocycles. The van der Waals surface area contributed by atoms with Gasteiger partial charge < -0.3 is 21.7 Å². The predicted octanol–water partition coefficient (Wildman–Crippen LogP) is -0.696. The highest BCUT2D eigenvalue weighted by atomic mass is 16.2. The predicted molar refractivity (Wildman–Crippen MR) is 64.6 cm³/mol. The summed E-state index contributed by atoms with van der Waals surface area (Å²) in [6, 6.07) is 4.86. The molecule has 1 aliphatic rings. The summed E-state index contributed by atoms with van der Waals surface area (Å²) in [6.07, 6.45) is 0. The highest BCUT2D eigenvalue weighted by Gasteiger charge is 2.18. The van der Waals surface area contributed by atoms with Gasteiger partial charge in [0.05, 0.1) is 17.9 Å². The standard InChI is InChI=1S/C11H14N4O2/c12-8-5-7(11(13)17)1-2-9(8)15-4-3-14-10(16)6-15/h1-2,5H,3-4,6,12H2,(H2,13,17)(H,14,16). The summed E-state index contributed by atoms with van der Waals surface area (Å²) < 4.78 is 0. The van der Waals surface area contributed by atoms with Crippen LogP contribution in [0.15, 0.2) is 18.2 Å². The number of hydrogen-bond acceptors (Lipinski definition) is 4. The summed E-state index contributed by atoms with van der Waals surface area (Å²) in [5, 5.41) is 2.74. The highest BCUT2D eigenvalue weighted by molar-refractivity contribution is 5.95. The van der Waals surface area contributed by atoms with Crippen molar-refractivity contribution in [2.45, 2.75) is 0 Å². The SMILES string of the molecule is NC(=O)c1ccc(N2CCNC(=O)C2)c(N)c1. The van der Waals surface area contributed by atoms with E-state index in [-0.39, 0.29) is 12.5 Å². The second kappa shape index (κ2) is 4.32. The molecule has 0 radical (unpaired) electrons. The van der Waals surface area contributed by atoms with E-state index in [0.717, 1.165) is 5.69 Å². The molecule has 2 rings (SSSR count). The Hall–Kier alpha value is -2.24.